The van der Waals surface area contributed by atoms with Crippen molar-refractivity contribution in [3.05, 3.63) is 0 Å². The van der Waals surface area contributed by atoms with Crippen LogP contribution in [0, 0.1) is 5.41 Å². The molecular formula is C6H16MgO3. The van der Waals surface area contributed by atoms with Crippen LogP contribution in [0.15, 0.2) is 0 Å². The molecule has 0 saturated heterocycles. The Morgan fingerprint density at radius 2 is 1.30 bits per heavy atom. The fraction of sp³-hybridized carbons (Fsp3) is 1.00. The third kappa shape index (κ3) is 3.16. The zero-order valence-electron chi connectivity index (χ0n) is 5.67. The summed E-state index contributed by atoms with van der Waals surface area (Å²) in [7, 11) is 0. The summed E-state index contributed by atoms with van der Waals surface area (Å²) in [4.78, 5) is 0. The highest BCUT2D eigenvalue weighted by molar-refractivity contribution is 5.75. The van der Waals surface area contributed by atoms with Crippen LogP contribution in [0.25, 0.3) is 0 Å². The van der Waals surface area contributed by atoms with Crippen molar-refractivity contribution in [1.82, 2.24) is 0 Å². The van der Waals surface area contributed by atoms with Gasteiger partial charge in [-0.2, -0.15) is 0 Å². The predicted octanol–water partition coefficient (Wildman–Crippen LogP) is -1.56. The van der Waals surface area contributed by atoms with E-state index in [1.807, 2.05) is 6.92 Å². The van der Waals surface area contributed by atoms with E-state index in [2.05, 4.69) is 0 Å². The van der Waals surface area contributed by atoms with Gasteiger partial charge in [0.15, 0.2) is 0 Å². The van der Waals surface area contributed by atoms with E-state index >= 15 is 0 Å². The van der Waals surface area contributed by atoms with Gasteiger partial charge in [0.25, 0.3) is 0 Å². The second-order valence-electron chi connectivity index (χ2n) is 2.33. The molecule has 4 heteroatoms. The van der Waals surface area contributed by atoms with Gasteiger partial charge in [0.2, 0.25) is 0 Å². The zero-order chi connectivity index (χ0) is 7.33. The molecule has 0 unspecified atom stereocenters. The smallest absolute Gasteiger partial charge is 0.316 e. The van der Waals surface area contributed by atoms with Crippen LogP contribution in [0.4, 0.5) is 0 Å². The molecule has 0 saturated carbocycles. The first-order valence-electron chi connectivity index (χ1n) is 3.07. The maximum absolute atomic E-state index is 8.66. The predicted molar refractivity (Wildman–Crippen MR) is 42.5 cm³/mol. The molecular weight excluding hydrogens is 144 g/mol. The quantitative estimate of drug-likeness (QED) is 0.436. The molecule has 0 aromatic carbocycles. The summed E-state index contributed by atoms with van der Waals surface area (Å²) in [6, 6.07) is 0. The van der Waals surface area contributed by atoms with Crippen LogP contribution in [0.3, 0.4) is 0 Å². The summed E-state index contributed by atoms with van der Waals surface area (Å²) in [5.41, 5.74) is -0.667. The van der Waals surface area contributed by atoms with Gasteiger partial charge in [0.05, 0.1) is 19.8 Å². The largest absolute Gasteiger partial charge is 0.396 e. The summed E-state index contributed by atoms with van der Waals surface area (Å²) in [5.74, 6) is 0. The lowest BCUT2D eigenvalue weighted by molar-refractivity contribution is 0.00304. The van der Waals surface area contributed by atoms with Crippen LogP contribution in [0.5, 0.6) is 0 Å². The fourth-order valence-electron chi connectivity index (χ4n) is 0.485. The van der Waals surface area contributed by atoms with Crippen molar-refractivity contribution in [3.8, 4) is 0 Å². The van der Waals surface area contributed by atoms with E-state index in [1.54, 1.807) is 0 Å². The van der Waals surface area contributed by atoms with Gasteiger partial charge < -0.3 is 15.3 Å². The first-order valence-corrected chi connectivity index (χ1v) is 3.07. The Kier molecular flexibility index (Phi) is 8.43. The van der Waals surface area contributed by atoms with Crippen molar-refractivity contribution in [2.24, 2.45) is 5.41 Å². The van der Waals surface area contributed by atoms with Gasteiger partial charge in [-0.05, 0) is 6.42 Å². The number of aliphatic hydroxyl groups excluding tert-OH is 3. The third-order valence-electron chi connectivity index (χ3n) is 1.76. The van der Waals surface area contributed by atoms with Gasteiger partial charge in [-0.25, -0.2) is 0 Å². The molecule has 60 valence electrons. The van der Waals surface area contributed by atoms with Crippen LogP contribution in [0.1, 0.15) is 13.3 Å². The second kappa shape index (κ2) is 6.36. The Labute approximate surface area is 77.2 Å². The molecule has 3 N–H and O–H groups in total. The van der Waals surface area contributed by atoms with Crippen molar-refractivity contribution in [3.63, 3.8) is 0 Å². The summed E-state index contributed by atoms with van der Waals surface area (Å²) in [6.07, 6.45) is 0.594. The molecule has 10 heavy (non-hydrogen) atoms. The number of hydrogen-bond donors (Lipinski definition) is 3. The molecule has 0 aliphatic carbocycles. The molecule has 0 atom stereocenters. The Morgan fingerprint density at radius 3 is 1.30 bits per heavy atom. The zero-order valence-corrected chi connectivity index (χ0v) is 5.67. The molecule has 0 amide bonds. The maximum Gasteiger partial charge on any atom is 0.316 e. The number of hydrogen-bond acceptors (Lipinski definition) is 3. The van der Waals surface area contributed by atoms with E-state index in [0.29, 0.717) is 6.42 Å². The number of aliphatic hydroxyl groups is 3. The minimum atomic E-state index is -0.667. The number of rotatable bonds is 4. The Morgan fingerprint density at radius 1 is 1.00 bits per heavy atom. The standard InChI is InChI=1S/C6H14O3.Mg.2H/c1-2-6(3-7,4-8)5-9;;;/h7-9H,2-5H2,1H3;;;. The van der Waals surface area contributed by atoms with E-state index in [-0.39, 0.29) is 42.9 Å². The summed E-state index contributed by atoms with van der Waals surface area (Å²) >= 11 is 0. The maximum atomic E-state index is 8.66. The van der Waals surface area contributed by atoms with Crippen molar-refractivity contribution < 1.29 is 15.3 Å². The fourth-order valence-corrected chi connectivity index (χ4v) is 0.485. The van der Waals surface area contributed by atoms with E-state index in [0.717, 1.165) is 0 Å². The van der Waals surface area contributed by atoms with E-state index < -0.39 is 5.41 Å². The Hall–Kier alpha value is 0.646. The van der Waals surface area contributed by atoms with Gasteiger partial charge in [0, 0.05) is 5.41 Å². The van der Waals surface area contributed by atoms with Crippen LogP contribution in [0.2, 0.25) is 0 Å². The highest BCUT2D eigenvalue weighted by Crippen LogP contribution is 2.18. The molecule has 0 spiro atoms. The topological polar surface area (TPSA) is 60.7 Å². The molecule has 0 aliphatic heterocycles. The molecule has 0 fully saturated rings. The average molecular weight is 160 g/mol. The van der Waals surface area contributed by atoms with Crippen molar-refractivity contribution in [1.29, 1.82) is 0 Å². The first-order chi connectivity index (χ1) is 4.24. The molecule has 0 heterocycles. The van der Waals surface area contributed by atoms with Gasteiger partial charge in [-0.15, -0.1) is 0 Å². The van der Waals surface area contributed by atoms with Crippen LogP contribution in [-0.4, -0.2) is 58.2 Å². The lowest BCUT2D eigenvalue weighted by Crippen LogP contribution is -2.32. The lowest BCUT2D eigenvalue weighted by Gasteiger charge is -2.24. The molecule has 0 aromatic heterocycles. The van der Waals surface area contributed by atoms with Crippen LogP contribution in [-0.2, 0) is 0 Å². The molecule has 0 aliphatic rings. The van der Waals surface area contributed by atoms with Crippen molar-refractivity contribution >= 4 is 23.1 Å². The summed E-state index contributed by atoms with van der Waals surface area (Å²) < 4.78 is 0. The normalized spacial score (nSPS) is 10.8. The van der Waals surface area contributed by atoms with Crippen LogP contribution >= 0.6 is 0 Å². The van der Waals surface area contributed by atoms with Gasteiger partial charge in [-0.3, -0.25) is 0 Å². The summed E-state index contributed by atoms with van der Waals surface area (Å²) in [5, 5.41) is 26.0. The van der Waals surface area contributed by atoms with Gasteiger partial charge in [0.1, 0.15) is 0 Å². The highest BCUT2D eigenvalue weighted by Gasteiger charge is 2.24. The summed E-state index contributed by atoms with van der Waals surface area (Å²) in [6.45, 7) is 1.35. The van der Waals surface area contributed by atoms with E-state index in [4.69, 9.17) is 15.3 Å². The molecule has 0 aromatic rings. The van der Waals surface area contributed by atoms with Crippen molar-refractivity contribution in [2.45, 2.75) is 13.3 Å². The van der Waals surface area contributed by atoms with Gasteiger partial charge >= 0.3 is 23.1 Å². The minimum Gasteiger partial charge on any atom is -0.396 e. The van der Waals surface area contributed by atoms with Gasteiger partial charge in [-0.1, -0.05) is 6.92 Å². The molecule has 0 bridgehead atoms. The first kappa shape index (κ1) is 13.3. The Balaban J connectivity index is 0. The molecule has 0 radical (unpaired) electrons. The molecule has 3 nitrogen and oxygen atoms in total. The highest BCUT2D eigenvalue weighted by atomic mass is 24.3. The van der Waals surface area contributed by atoms with Crippen molar-refractivity contribution in [2.75, 3.05) is 19.8 Å². The second-order valence-corrected chi connectivity index (χ2v) is 2.33. The van der Waals surface area contributed by atoms with E-state index in [9.17, 15) is 0 Å². The molecule has 0 rings (SSSR count). The average Bonchev–Trinajstić information content (AvgIpc) is 1.95. The monoisotopic (exact) mass is 160 g/mol. The SMILES string of the molecule is CCC(CO)(CO)CO.[MgH2]. The lowest BCUT2D eigenvalue weighted by atomic mass is 9.88. The Bertz CT molecular complexity index is 55.9. The minimum absolute atomic E-state index is 0. The van der Waals surface area contributed by atoms with Crippen LogP contribution < -0.4 is 0 Å². The third-order valence-corrected chi connectivity index (χ3v) is 1.76. The van der Waals surface area contributed by atoms with E-state index in [1.165, 1.54) is 0 Å².